The number of H-pyrrole nitrogens is 1. The van der Waals surface area contributed by atoms with Crippen molar-refractivity contribution >= 4 is 16.6 Å². The highest BCUT2D eigenvalue weighted by Gasteiger charge is 2.05. The second-order valence-electron chi connectivity index (χ2n) is 3.28. The van der Waals surface area contributed by atoms with Gasteiger partial charge in [-0.2, -0.15) is 5.26 Å². The zero-order chi connectivity index (χ0) is 10.8. The number of anilines is 1. The highest BCUT2D eigenvalue weighted by atomic mass is 16.1. The van der Waals surface area contributed by atoms with Crippen LogP contribution in [0.5, 0.6) is 0 Å². The zero-order valence-corrected chi connectivity index (χ0v) is 8.03. The lowest BCUT2D eigenvalue weighted by Crippen LogP contribution is -2.05. The van der Waals surface area contributed by atoms with Gasteiger partial charge in [-0.25, -0.2) is 0 Å². The van der Waals surface area contributed by atoms with E-state index in [1.165, 1.54) is 0 Å². The second-order valence-corrected chi connectivity index (χ2v) is 3.28. The fourth-order valence-corrected chi connectivity index (χ4v) is 1.55. The molecule has 0 spiro atoms. The van der Waals surface area contributed by atoms with Crippen LogP contribution in [0.4, 0.5) is 5.69 Å². The van der Waals surface area contributed by atoms with Crippen molar-refractivity contribution in [3.8, 4) is 6.07 Å². The van der Waals surface area contributed by atoms with Crippen LogP contribution >= 0.6 is 0 Å². The molecule has 0 unspecified atom stereocenters. The molecular weight excluding hydrogens is 192 g/mol. The summed E-state index contributed by atoms with van der Waals surface area (Å²) in [5, 5.41) is 11.7. The van der Waals surface area contributed by atoms with Crippen LogP contribution in [-0.2, 0) is 6.54 Å². The molecule has 0 aliphatic carbocycles. The molecule has 1 heterocycles. The molecule has 2 aromatic rings. The van der Waals surface area contributed by atoms with Crippen molar-refractivity contribution in [2.24, 2.45) is 0 Å². The van der Waals surface area contributed by atoms with Crippen LogP contribution in [0.2, 0.25) is 0 Å². The SMILES string of the molecule is N#CCCn1[nH]c(=O)c2cc(N)ccc21. The Kier molecular flexibility index (Phi) is 2.18. The molecule has 5 heteroatoms. The van der Waals surface area contributed by atoms with E-state index in [1.807, 2.05) is 6.07 Å². The minimum atomic E-state index is -0.171. The Morgan fingerprint density at radius 3 is 3.07 bits per heavy atom. The van der Waals surface area contributed by atoms with Crippen LogP contribution in [0, 0.1) is 11.3 Å². The fraction of sp³-hybridized carbons (Fsp3) is 0.200. The maximum absolute atomic E-state index is 11.5. The number of nitrogen functional groups attached to an aromatic ring is 1. The van der Waals surface area contributed by atoms with Crippen LogP contribution in [0.15, 0.2) is 23.0 Å². The summed E-state index contributed by atoms with van der Waals surface area (Å²) in [6.07, 6.45) is 0.365. The van der Waals surface area contributed by atoms with Gasteiger partial charge in [-0.05, 0) is 18.2 Å². The Morgan fingerprint density at radius 2 is 2.33 bits per heavy atom. The number of aromatic nitrogens is 2. The summed E-state index contributed by atoms with van der Waals surface area (Å²) in [5.41, 5.74) is 6.76. The van der Waals surface area contributed by atoms with E-state index in [0.29, 0.717) is 24.0 Å². The maximum Gasteiger partial charge on any atom is 0.272 e. The number of fused-ring (bicyclic) bond motifs is 1. The number of benzene rings is 1. The van der Waals surface area contributed by atoms with Crippen molar-refractivity contribution in [1.29, 1.82) is 5.26 Å². The molecule has 0 fully saturated rings. The maximum atomic E-state index is 11.5. The molecule has 0 saturated carbocycles. The third kappa shape index (κ3) is 1.57. The number of hydrogen-bond donors (Lipinski definition) is 2. The summed E-state index contributed by atoms with van der Waals surface area (Å²) in [6.45, 7) is 0.485. The third-order valence-corrected chi connectivity index (χ3v) is 2.24. The molecule has 3 N–H and O–H groups in total. The lowest BCUT2D eigenvalue weighted by atomic mass is 10.2. The summed E-state index contributed by atoms with van der Waals surface area (Å²) < 4.78 is 1.67. The van der Waals surface area contributed by atoms with Crippen LogP contribution in [0.3, 0.4) is 0 Å². The molecular formula is C10H10N4O. The lowest BCUT2D eigenvalue weighted by Gasteiger charge is -2.00. The average molecular weight is 202 g/mol. The Bertz CT molecular complexity index is 587. The number of aryl methyl sites for hydroxylation is 1. The first-order valence-corrected chi connectivity index (χ1v) is 4.57. The molecule has 0 radical (unpaired) electrons. The van der Waals surface area contributed by atoms with Gasteiger partial charge in [-0.1, -0.05) is 0 Å². The average Bonchev–Trinajstić information content (AvgIpc) is 2.53. The van der Waals surface area contributed by atoms with Crippen molar-refractivity contribution in [3.05, 3.63) is 28.6 Å². The van der Waals surface area contributed by atoms with E-state index in [9.17, 15) is 4.79 Å². The molecule has 0 amide bonds. The molecule has 0 bridgehead atoms. The standard InChI is InChI=1S/C10H10N4O/c11-4-1-5-14-9-3-2-7(12)6-8(9)10(15)13-14/h2-3,6H,1,5,12H2,(H,13,15). The van der Waals surface area contributed by atoms with Gasteiger partial charge in [0.25, 0.3) is 5.56 Å². The zero-order valence-electron chi connectivity index (χ0n) is 8.03. The largest absolute Gasteiger partial charge is 0.399 e. The van der Waals surface area contributed by atoms with E-state index in [4.69, 9.17) is 11.0 Å². The Labute approximate surface area is 85.7 Å². The van der Waals surface area contributed by atoms with Crippen molar-refractivity contribution in [2.75, 3.05) is 5.73 Å². The number of nitrogens with zero attached hydrogens (tertiary/aromatic N) is 2. The monoisotopic (exact) mass is 202 g/mol. The molecule has 0 atom stereocenters. The highest BCUT2D eigenvalue weighted by Crippen LogP contribution is 2.13. The minimum absolute atomic E-state index is 0.171. The van der Waals surface area contributed by atoms with Crippen LogP contribution in [-0.4, -0.2) is 9.78 Å². The second kappa shape index (κ2) is 3.50. The molecule has 76 valence electrons. The summed E-state index contributed by atoms with van der Waals surface area (Å²) in [7, 11) is 0. The minimum Gasteiger partial charge on any atom is -0.399 e. The number of nitriles is 1. The normalized spacial score (nSPS) is 10.3. The summed E-state index contributed by atoms with van der Waals surface area (Å²) in [6, 6.07) is 7.18. The molecule has 1 aromatic carbocycles. The van der Waals surface area contributed by atoms with Gasteiger partial charge in [-0.15, -0.1) is 0 Å². The van der Waals surface area contributed by atoms with Crippen LogP contribution in [0.25, 0.3) is 10.9 Å². The first-order valence-electron chi connectivity index (χ1n) is 4.57. The number of nitrogens with one attached hydrogen (secondary N) is 1. The first kappa shape index (κ1) is 9.34. The quantitative estimate of drug-likeness (QED) is 0.707. The van der Waals surface area contributed by atoms with E-state index in [2.05, 4.69) is 5.10 Å². The van der Waals surface area contributed by atoms with Crippen LogP contribution < -0.4 is 11.3 Å². The van der Waals surface area contributed by atoms with Gasteiger partial charge >= 0.3 is 0 Å². The van der Waals surface area contributed by atoms with Crippen molar-refractivity contribution in [3.63, 3.8) is 0 Å². The number of hydrogen-bond acceptors (Lipinski definition) is 3. The predicted octanol–water partition coefficient (Wildman–Crippen LogP) is 0.825. The van der Waals surface area contributed by atoms with E-state index >= 15 is 0 Å². The Morgan fingerprint density at radius 1 is 1.53 bits per heavy atom. The van der Waals surface area contributed by atoms with Gasteiger partial charge < -0.3 is 5.73 Å². The number of nitrogens with two attached hydrogens (primary N) is 1. The molecule has 15 heavy (non-hydrogen) atoms. The highest BCUT2D eigenvalue weighted by molar-refractivity contribution is 5.81. The Hall–Kier alpha value is -2.22. The Balaban J connectivity index is 2.59. The third-order valence-electron chi connectivity index (χ3n) is 2.24. The van der Waals surface area contributed by atoms with E-state index in [-0.39, 0.29) is 5.56 Å². The summed E-state index contributed by atoms with van der Waals surface area (Å²) >= 11 is 0. The first-order chi connectivity index (χ1) is 7.22. The molecule has 2 rings (SSSR count). The van der Waals surface area contributed by atoms with Crippen LogP contribution in [0.1, 0.15) is 6.42 Å². The molecule has 5 nitrogen and oxygen atoms in total. The van der Waals surface area contributed by atoms with Crippen molar-refractivity contribution in [2.45, 2.75) is 13.0 Å². The molecule has 1 aromatic heterocycles. The topological polar surface area (TPSA) is 87.6 Å². The predicted molar refractivity (Wildman–Crippen MR) is 57.2 cm³/mol. The molecule has 0 saturated heterocycles. The van der Waals surface area contributed by atoms with E-state index in [0.717, 1.165) is 5.52 Å². The van der Waals surface area contributed by atoms with Gasteiger partial charge in [0.2, 0.25) is 0 Å². The van der Waals surface area contributed by atoms with Gasteiger partial charge in [0, 0.05) is 5.69 Å². The van der Waals surface area contributed by atoms with Crippen molar-refractivity contribution < 1.29 is 0 Å². The summed E-state index contributed by atoms with van der Waals surface area (Å²) in [4.78, 5) is 11.5. The van der Waals surface area contributed by atoms with Gasteiger partial charge in [0.1, 0.15) is 0 Å². The number of aromatic amines is 1. The van der Waals surface area contributed by atoms with Gasteiger partial charge in [0.05, 0.1) is 29.9 Å². The molecule has 0 aliphatic rings. The summed E-state index contributed by atoms with van der Waals surface area (Å²) in [5.74, 6) is 0. The fourth-order valence-electron chi connectivity index (χ4n) is 1.55. The van der Waals surface area contributed by atoms with Gasteiger partial charge in [-0.3, -0.25) is 14.6 Å². The van der Waals surface area contributed by atoms with E-state index in [1.54, 1.807) is 22.9 Å². The van der Waals surface area contributed by atoms with Crippen molar-refractivity contribution in [1.82, 2.24) is 9.78 Å². The molecule has 0 aliphatic heterocycles. The smallest absolute Gasteiger partial charge is 0.272 e. The number of rotatable bonds is 2. The van der Waals surface area contributed by atoms with E-state index < -0.39 is 0 Å². The lowest BCUT2D eigenvalue weighted by molar-refractivity contribution is 0.642. The van der Waals surface area contributed by atoms with Gasteiger partial charge in [0.15, 0.2) is 0 Å².